The minimum Gasteiger partial charge on any atom is -0.652 e. The van der Waals surface area contributed by atoms with Crippen molar-refractivity contribution in [3.8, 4) is 5.75 Å². The van der Waals surface area contributed by atoms with Crippen molar-refractivity contribution in [2.45, 2.75) is 13.8 Å². The smallest absolute Gasteiger partial charge is 0.341 e. The molecule has 0 fully saturated rings. The fraction of sp³-hybridized carbons (Fsp3) is 0.333. The Labute approximate surface area is 105 Å². The maximum absolute atomic E-state index is 11.4. The van der Waals surface area contributed by atoms with Crippen LogP contribution in [0.1, 0.15) is 24.2 Å². The van der Waals surface area contributed by atoms with Gasteiger partial charge < -0.3 is 24.5 Å². The van der Waals surface area contributed by atoms with Gasteiger partial charge in [0, 0.05) is 0 Å². The third kappa shape index (κ3) is 6.37. The van der Waals surface area contributed by atoms with Gasteiger partial charge in [-0.1, -0.05) is 12.1 Å². The molecule has 0 bridgehead atoms. The summed E-state index contributed by atoms with van der Waals surface area (Å²) in [6, 6.07) is 7.07. The minimum atomic E-state index is -2.33. The fourth-order valence-electron chi connectivity index (χ4n) is 1.13. The largest absolute Gasteiger partial charge is 0.652 e. The maximum Gasteiger partial charge on any atom is 0.341 e. The molecule has 0 aromatic heterocycles. The number of ether oxygens (including phenoxy) is 2. The zero-order valence-electron chi connectivity index (χ0n) is 10.2. The van der Waals surface area contributed by atoms with Gasteiger partial charge in [0.2, 0.25) is 0 Å². The standard InChI is InChI=1S/C11H14O3.CH2O3/c1-3-13-10-8-6-5-7-9(10)11(12)14-4-2;2-1(3)4/h5-8H,3-4H2,1-2H3;(H2,2,3,4)/p-2. The average molecular weight is 254 g/mol. The summed E-state index contributed by atoms with van der Waals surface area (Å²) in [5, 5.41) is 16.7. The van der Waals surface area contributed by atoms with E-state index < -0.39 is 6.16 Å². The third-order valence-electron chi connectivity index (χ3n) is 1.68. The van der Waals surface area contributed by atoms with Gasteiger partial charge in [0.25, 0.3) is 0 Å². The summed E-state index contributed by atoms with van der Waals surface area (Å²) >= 11 is 0. The molecule has 100 valence electrons. The summed E-state index contributed by atoms with van der Waals surface area (Å²) in [7, 11) is 0. The van der Waals surface area contributed by atoms with E-state index in [9.17, 15) is 4.79 Å². The monoisotopic (exact) mass is 254 g/mol. The Bertz CT molecular complexity index is 384. The Morgan fingerprint density at radius 2 is 1.67 bits per heavy atom. The predicted octanol–water partition coefficient (Wildman–Crippen LogP) is -0.185. The molecule has 6 heteroatoms. The van der Waals surface area contributed by atoms with Gasteiger partial charge in [-0.25, -0.2) is 4.79 Å². The van der Waals surface area contributed by atoms with Crippen LogP contribution in [0.15, 0.2) is 24.3 Å². The summed E-state index contributed by atoms with van der Waals surface area (Å²) in [6.45, 7) is 4.57. The van der Waals surface area contributed by atoms with Gasteiger partial charge in [-0.3, -0.25) is 0 Å². The summed E-state index contributed by atoms with van der Waals surface area (Å²) in [5.74, 6) is 0.241. The summed E-state index contributed by atoms with van der Waals surface area (Å²) < 4.78 is 10.2. The van der Waals surface area contributed by atoms with Crippen molar-refractivity contribution in [3.05, 3.63) is 29.8 Å². The summed E-state index contributed by atoms with van der Waals surface area (Å²) in [6.07, 6.45) is -2.33. The van der Waals surface area contributed by atoms with Crippen LogP contribution >= 0.6 is 0 Å². The topological polar surface area (TPSA) is 98.7 Å². The van der Waals surface area contributed by atoms with E-state index in [-0.39, 0.29) is 5.97 Å². The second-order valence-corrected chi connectivity index (χ2v) is 2.90. The molecule has 1 aromatic rings. The lowest BCUT2D eigenvalue weighted by atomic mass is 10.2. The molecule has 18 heavy (non-hydrogen) atoms. The molecule has 0 spiro atoms. The molecule has 0 atom stereocenters. The number of rotatable bonds is 4. The molecular weight excluding hydrogens is 240 g/mol. The molecule has 1 aromatic carbocycles. The average Bonchev–Trinajstić information content (AvgIpc) is 2.29. The van der Waals surface area contributed by atoms with E-state index in [4.69, 9.17) is 24.5 Å². The molecule has 6 nitrogen and oxygen atoms in total. The predicted molar refractivity (Wildman–Crippen MR) is 59.0 cm³/mol. The van der Waals surface area contributed by atoms with Crippen LogP contribution in [0.5, 0.6) is 5.75 Å². The second kappa shape index (κ2) is 8.86. The van der Waals surface area contributed by atoms with E-state index in [1.807, 2.05) is 13.0 Å². The number of hydrogen-bond donors (Lipinski definition) is 0. The first-order chi connectivity index (χ1) is 8.52. The number of esters is 1. The fourth-order valence-corrected chi connectivity index (χ4v) is 1.13. The lowest BCUT2D eigenvalue weighted by Gasteiger charge is -2.08. The van der Waals surface area contributed by atoms with E-state index >= 15 is 0 Å². The van der Waals surface area contributed by atoms with Crippen LogP contribution in [0.25, 0.3) is 0 Å². The highest BCUT2D eigenvalue weighted by atomic mass is 16.6. The number of carbonyl (C=O) groups excluding carboxylic acids is 2. The molecule has 1 rings (SSSR count). The van der Waals surface area contributed by atoms with Crippen molar-refractivity contribution in [1.29, 1.82) is 0 Å². The lowest BCUT2D eigenvalue weighted by Crippen LogP contribution is -2.37. The van der Waals surface area contributed by atoms with Gasteiger partial charge in [0.1, 0.15) is 11.3 Å². The van der Waals surface area contributed by atoms with E-state index in [1.54, 1.807) is 25.1 Å². The van der Waals surface area contributed by atoms with Gasteiger partial charge in [-0.05, 0) is 32.1 Å². The van der Waals surface area contributed by atoms with Gasteiger partial charge in [0.15, 0.2) is 0 Å². The van der Waals surface area contributed by atoms with Crippen LogP contribution in [0.3, 0.4) is 0 Å². The van der Waals surface area contributed by atoms with Crippen molar-refractivity contribution in [3.63, 3.8) is 0 Å². The van der Waals surface area contributed by atoms with E-state index in [2.05, 4.69) is 0 Å². The normalized spacial score (nSPS) is 8.78. The van der Waals surface area contributed by atoms with Gasteiger partial charge in [0.05, 0.1) is 13.2 Å². The zero-order valence-corrected chi connectivity index (χ0v) is 10.2. The Kier molecular flexibility index (Phi) is 7.76. The van der Waals surface area contributed by atoms with Crippen molar-refractivity contribution in [1.82, 2.24) is 0 Å². The molecule has 0 radical (unpaired) electrons. The molecule has 0 aliphatic heterocycles. The highest BCUT2D eigenvalue weighted by molar-refractivity contribution is 5.92. The Hall–Kier alpha value is -2.24. The van der Waals surface area contributed by atoms with E-state index in [0.717, 1.165) is 0 Å². The SMILES string of the molecule is CCOC(=O)c1ccccc1OCC.O=C([O-])[O-]. The first-order valence-corrected chi connectivity index (χ1v) is 5.29. The Morgan fingerprint density at radius 3 is 2.17 bits per heavy atom. The first-order valence-electron chi connectivity index (χ1n) is 5.29. The molecule has 0 saturated carbocycles. The Balaban J connectivity index is 0.000000631. The molecular formula is C12H14O6-2. The van der Waals surface area contributed by atoms with Gasteiger partial charge in [-0.2, -0.15) is 0 Å². The minimum absolute atomic E-state index is 0.337. The van der Waals surface area contributed by atoms with E-state index in [1.165, 1.54) is 0 Å². The van der Waals surface area contributed by atoms with Gasteiger partial charge in [-0.15, -0.1) is 0 Å². The Morgan fingerprint density at radius 1 is 1.11 bits per heavy atom. The van der Waals surface area contributed by atoms with Crippen LogP contribution in [-0.2, 0) is 4.74 Å². The van der Waals surface area contributed by atoms with Crippen molar-refractivity contribution in [2.24, 2.45) is 0 Å². The number of hydrogen-bond acceptors (Lipinski definition) is 6. The molecule has 0 amide bonds. The maximum atomic E-state index is 11.4. The second-order valence-electron chi connectivity index (χ2n) is 2.90. The molecule has 0 aliphatic carbocycles. The number of para-hydroxylation sites is 1. The van der Waals surface area contributed by atoms with Crippen molar-refractivity contribution >= 4 is 12.1 Å². The highest BCUT2D eigenvalue weighted by Gasteiger charge is 2.11. The third-order valence-corrected chi connectivity index (χ3v) is 1.68. The van der Waals surface area contributed by atoms with Gasteiger partial charge >= 0.3 is 5.97 Å². The number of carboxylic acid groups (broad SMARTS) is 2. The summed E-state index contributed by atoms with van der Waals surface area (Å²) in [4.78, 5) is 19.8. The molecule has 0 unspecified atom stereocenters. The molecule has 0 N–H and O–H groups in total. The van der Waals surface area contributed by atoms with Crippen LogP contribution in [0.2, 0.25) is 0 Å². The lowest BCUT2D eigenvalue weighted by molar-refractivity contribution is -0.415. The number of carbonyl (C=O) groups is 2. The molecule has 0 aliphatic rings. The van der Waals surface area contributed by atoms with Crippen LogP contribution < -0.4 is 14.9 Å². The quantitative estimate of drug-likeness (QED) is 0.691. The van der Waals surface area contributed by atoms with E-state index in [0.29, 0.717) is 24.5 Å². The first kappa shape index (κ1) is 15.8. The molecule has 0 heterocycles. The van der Waals surface area contributed by atoms with Crippen LogP contribution in [0.4, 0.5) is 4.79 Å². The highest BCUT2D eigenvalue weighted by Crippen LogP contribution is 2.18. The van der Waals surface area contributed by atoms with Crippen molar-refractivity contribution in [2.75, 3.05) is 13.2 Å². The van der Waals surface area contributed by atoms with Crippen LogP contribution in [0, 0.1) is 0 Å². The summed E-state index contributed by atoms with van der Waals surface area (Å²) in [5.41, 5.74) is 0.483. The number of benzene rings is 1. The molecule has 0 saturated heterocycles. The zero-order chi connectivity index (χ0) is 14.0. The van der Waals surface area contributed by atoms with Crippen LogP contribution in [-0.4, -0.2) is 25.3 Å². The van der Waals surface area contributed by atoms with Crippen molar-refractivity contribution < 1.29 is 29.3 Å².